The molecule has 0 aromatic rings. The first-order chi connectivity index (χ1) is 20.4. The van der Waals surface area contributed by atoms with Gasteiger partial charge in [-0.2, -0.15) is 11.1 Å². The molecular formula is C38H77ClO2Si. The van der Waals surface area contributed by atoms with Crippen LogP contribution in [-0.2, 0) is 4.79 Å². The van der Waals surface area contributed by atoms with Crippen LogP contribution in [0.25, 0.3) is 0 Å². The summed E-state index contributed by atoms with van der Waals surface area (Å²) < 4.78 is 0. The van der Waals surface area contributed by atoms with E-state index in [9.17, 15) is 4.79 Å². The SMILES string of the molecule is C[Si](C)(Cl)CCCCCCCCCCCCCCCCCCCCCCCCCCCCCCCCCCCC(=O)O. The van der Waals surface area contributed by atoms with Crippen molar-refractivity contribution in [2.45, 2.75) is 237 Å². The third-order valence-corrected chi connectivity index (χ3v) is 11.3. The van der Waals surface area contributed by atoms with Crippen LogP contribution in [0.2, 0.25) is 19.1 Å². The van der Waals surface area contributed by atoms with E-state index in [0.29, 0.717) is 6.42 Å². The summed E-state index contributed by atoms with van der Waals surface area (Å²) in [4.78, 5) is 10.5. The summed E-state index contributed by atoms with van der Waals surface area (Å²) in [5.41, 5.74) is 0. The van der Waals surface area contributed by atoms with Crippen LogP contribution in [0.5, 0.6) is 0 Å². The molecule has 0 heterocycles. The zero-order valence-corrected chi connectivity index (χ0v) is 30.7. The second kappa shape index (κ2) is 33.9. The summed E-state index contributed by atoms with van der Waals surface area (Å²) in [6, 6.07) is 1.29. The van der Waals surface area contributed by atoms with Gasteiger partial charge in [-0.25, -0.2) is 0 Å². The van der Waals surface area contributed by atoms with Crippen molar-refractivity contribution in [2.75, 3.05) is 0 Å². The molecule has 0 aliphatic heterocycles. The van der Waals surface area contributed by atoms with Gasteiger partial charge in [0.2, 0.25) is 0 Å². The maximum absolute atomic E-state index is 10.5. The van der Waals surface area contributed by atoms with Crippen molar-refractivity contribution in [3.63, 3.8) is 0 Å². The number of carboxylic acids is 1. The molecule has 0 aliphatic carbocycles. The Morgan fingerprint density at radius 3 is 0.714 bits per heavy atom. The van der Waals surface area contributed by atoms with E-state index in [1.807, 2.05) is 0 Å². The standard InChI is InChI=1S/C38H77ClO2Si/c1-42(2,39)37-35-33-31-29-27-25-23-21-19-17-15-13-11-9-7-5-3-4-6-8-10-12-14-16-18-20-22-24-26-28-30-32-34-36-38(40)41/h3-37H2,1-2H3,(H,40,41). The lowest BCUT2D eigenvalue weighted by Crippen LogP contribution is -2.14. The predicted octanol–water partition coefficient (Wildman–Crippen LogP) is 14.8. The molecule has 252 valence electrons. The van der Waals surface area contributed by atoms with Crippen LogP contribution in [-0.4, -0.2) is 18.5 Å². The van der Waals surface area contributed by atoms with E-state index in [4.69, 9.17) is 16.2 Å². The summed E-state index contributed by atoms with van der Waals surface area (Å²) in [6.07, 6.45) is 46.6. The van der Waals surface area contributed by atoms with Gasteiger partial charge in [-0.05, 0) is 12.5 Å². The maximum Gasteiger partial charge on any atom is 0.303 e. The second-order valence-electron chi connectivity index (χ2n) is 14.3. The van der Waals surface area contributed by atoms with E-state index >= 15 is 0 Å². The monoisotopic (exact) mass is 629 g/mol. The van der Waals surface area contributed by atoms with Crippen molar-refractivity contribution in [1.82, 2.24) is 0 Å². The Bertz CT molecular complexity index is 534. The van der Waals surface area contributed by atoms with Gasteiger partial charge in [-0.3, -0.25) is 4.79 Å². The third-order valence-electron chi connectivity index (χ3n) is 9.16. The molecule has 0 aliphatic rings. The van der Waals surface area contributed by atoms with Crippen LogP contribution in [0.4, 0.5) is 0 Å². The molecule has 0 atom stereocenters. The van der Waals surface area contributed by atoms with Crippen molar-refractivity contribution in [3.05, 3.63) is 0 Å². The lowest BCUT2D eigenvalue weighted by atomic mass is 10.0. The molecule has 0 aromatic heterocycles. The minimum atomic E-state index is -1.32. The van der Waals surface area contributed by atoms with Crippen LogP contribution in [0, 0.1) is 0 Å². The minimum absolute atomic E-state index is 0.345. The Labute approximate surface area is 271 Å². The zero-order chi connectivity index (χ0) is 30.8. The first-order valence-corrected chi connectivity index (χ1v) is 23.5. The second-order valence-corrected chi connectivity index (χ2v) is 21.3. The van der Waals surface area contributed by atoms with Crippen molar-refractivity contribution < 1.29 is 9.90 Å². The molecule has 2 nitrogen and oxygen atoms in total. The van der Waals surface area contributed by atoms with Crippen LogP contribution in [0.3, 0.4) is 0 Å². The summed E-state index contributed by atoms with van der Waals surface area (Å²) in [6.45, 7) is 4.54. The molecule has 0 amide bonds. The zero-order valence-electron chi connectivity index (χ0n) is 29.0. The number of unbranched alkanes of at least 4 members (excludes halogenated alkanes) is 32. The van der Waals surface area contributed by atoms with Crippen molar-refractivity contribution in [2.24, 2.45) is 0 Å². The van der Waals surface area contributed by atoms with Crippen LogP contribution >= 0.6 is 11.1 Å². The number of hydrogen-bond donors (Lipinski definition) is 1. The van der Waals surface area contributed by atoms with E-state index in [-0.39, 0.29) is 0 Å². The van der Waals surface area contributed by atoms with E-state index in [2.05, 4.69) is 13.1 Å². The normalized spacial score (nSPS) is 11.9. The molecule has 0 fully saturated rings. The average Bonchev–Trinajstić information content (AvgIpc) is 2.94. The largest absolute Gasteiger partial charge is 0.481 e. The number of carboxylic acid groups (broad SMARTS) is 1. The van der Waals surface area contributed by atoms with Gasteiger partial charge in [0.15, 0.2) is 0 Å². The first-order valence-electron chi connectivity index (χ1n) is 19.3. The third kappa shape index (κ3) is 40.0. The lowest BCUT2D eigenvalue weighted by Gasteiger charge is -2.11. The highest BCUT2D eigenvalue weighted by atomic mass is 35.6. The summed E-state index contributed by atoms with van der Waals surface area (Å²) >= 11 is 6.39. The van der Waals surface area contributed by atoms with Crippen molar-refractivity contribution >= 4 is 24.4 Å². The molecule has 0 saturated carbocycles. The van der Waals surface area contributed by atoms with E-state index < -0.39 is 13.4 Å². The van der Waals surface area contributed by atoms with Crippen LogP contribution in [0.1, 0.15) is 218 Å². The summed E-state index contributed by atoms with van der Waals surface area (Å²) in [5.74, 6) is -0.649. The van der Waals surface area contributed by atoms with Crippen molar-refractivity contribution in [1.29, 1.82) is 0 Å². The fourth-order valence-corrected chi connectivity index (χ4v) is 7.79. The van der Waals surface area contributed by atoms with Gasteiger partial charge in [0, 0.05) is 6.42 Å². The molecule has 1 N–H and O–H groups in total. The number of aliphatic carboxylic acids is 1. The molecule has 0 spiro atoms. The Balaban J connectivity index is 3.06. The molecule has 0 saturated heterocycles. The summed E-state index contributed by atoms with van der Waals surface area (Å²) in [5, 5.41) is 8.64. The lowest BCUT2D eigenvalue weighted by molar-refractivity contribution is -0.137. The van der Waals surface area contributed by atoms with Gasteiger partial charge in [-0.15, -0.1) is 0 Å². The fourth-order valence-electron chi connectivity index (χ4n) is 6.30. The molecule has 0 unspecified atom stereocenters. The van der Waals surface area contributed by atoms with Gasteiger partial charge in [0.25, 0.3) is 0 Å². The molecule has 4 heteroatoms. The molecule has 42 heavy (non-hydrogen) atoms. The highest BCUT2D eigenvalue weighted by molar-refractivity contribution is 7.19. The maximum atomic E-state index is 10.5. The molecule has 0 aromatic carbocycles. The molecule has 0 rings (SSSR count). The molecular weight excluding hydrogens is 552 g/mol. The number of rotatable bonds is 36. The Hall–Kier alpha value is -0.0231. The number of carbonyl (C=O) groups is 1. The predicted molar refractivity (Wildman–Crippen MR) is 193 cm³/mol. The van der Waals surface area contributed by atoms with Gasteiger partial charge in [-0.1, -0.05) is 219 Å². The Morgan fingerprint density at radius 2 is 0.548 bits per heavy atom. The first kappa shape index (κ1) is 42.0. The van der Waals surface area contributed by atoms with E-state index in [0.717, 1.165) is 12.8 Å². The van der Waals surface area contributed by atoms with Gasteiger partial charge < -0.3 is 5.11 Å². The molecule has 0 radical (unpaired) electrons. The molecule has 0 bridgehead atoms. The Morgan fingerprint density at radius 1 is 0.381 bits per heavy atom. The number of halogens is 1. The van der Waals surface area contributed by atoms with Gasteiger partial charge in [0.1, 0.15) is 7.38 Å². The summed E-state index contributed by atoms with van der Waals surface area (Å²) in [7, 11) is -1.32. The average molecular weight is 630 g/mol. The minimum Gasteiger partial charge on any atom is -0.481 e. The van der Waals surface area contributed by atoms with E-state index in [1.165, 1.54) is 205 Å². The Kier molecular flexibility index (Phi) is 33.8. The number of hydrogen-bond acceptors (Lipinski definition) is 1. The van der Waals surface area contributed by atoms with Crippen LogP contribution in [0.15, 0.2) is 0 Å². The smallest absolute Gasteiger partial charge is 0.303 e. The fraction of sp³-hybridized carbons (Fsp3) is 0.974. The topological polar surface area (TPSA) is 37.3 Å². The highest BCUT2D eigenvalue weighted by Gasteiger charge is 2.15. The van der Waals surface area contributed by atoms with Crippen molar-refractivity contribution in [3.8, 4) is 0 Å². The van der Waals surface area contributed by atoms with Gasteiger partial charge in [0.05, 0.1) is 0 Å². The van der Waals surface area contributed by atoms with Crippen LogP contribution < -0.4 is 0 Å². The quantitative estimate of drug-likeness (QED) is 0.0425. The van der Waals surface area contributed by atoms with Gasteiger partial charge >= 0.3 is 5.97 Å². The van der Waals surface area contributed by atoms with E-state index in [1.54, 1.807) is 0 Å². The highest BCUT2D eigenvalue weighted by Crippen LogP contribution is 2.20.